The molecule has 5 atom stereocenters. The average Bonchev–Trinajstić information content (AvgIpc) is 3.14. The number of benzene rings is 1. The van der Waals surface area contributed by atoms with Gasteiger partial charge in [0.05, 0.1) is 19.5 Å². The van der Waals surface area contributed by atoms with Crippen LogP contribution in [0, 0.1) is 0 Å². The van der Waals surface area contributed by atoms with Crippen molar-refractivity contribution in [1.29, 1.82) is 0 Å². The molecular weight excluding hydrogens is 520 g/mol. The zero-order chi connectivity index (χ0) is 27.2. The molecule has 2 fully saturated rings. The van der Waals surface area contributed by atoms with E-state index in [1.54, 1.807) is 44.2 Å². The van der Waals surface area contributed by atoms with Gasteiger partial charge in [-0.15, -0.1) is 0 Å². The minimum absolute atomic E-state index is 0.00243. The standard InChI is InChI=1S/C24H27ClN6O7/c1-3-35-20(33)23(21(34)36-4-2,10-12-8-6-5-7-9-12)38-16-15-24(16,27)14(32)19(37-15)31-11-28-13-17(26)29-22(25)30-18(13)31/h5-9,11,14-16,19,32H,3-4,10,27H2,1-2H3,(H2,26,29,30)/t14-,15+,16?,19+,24+/m0/s1. The van der Waals surface area contributed by atoms with Gasteiger partial charge in [0, 0.05) is 6.42 Å². The second-order valence-electron chi connectivity index (χ2n) is 9.06. The van der Waals surface area contributed by atoms with E-state index in [0.29, 0.717) is 5.56 Å². The third-order valence-electron chi connectivity index (χ3n) is 6.75. The maximum atomic E-state index is 13.3. The maximum Gasteiger partial charge on any atom is 0.350 e. The molecule has 38 heavy (non-hydrogen) atoms. The van der Waals surface area contributed by atoms with E-state index in [4.69, 9.17) is 42.0 Å². The average molecular weight is 547 g/mol. The number of fused-ring (bicyclic) bond motifs is 2. The number of aliphatic hydroxyl groups is 1. The number of carbonyl (C=O) groups is 2. The largest absolute Gasteiger partial charge is 0.463 e. The van der Waals surface area contributed by atoms with E-state index in [0.717, 1.165) is 0 Å². The third kappa shape index (κ3) is 4.07. The number of rotatable bonds is 9. The van der Waals surface area contributed by atoms with Gasteiger partial charge in [0.1, 0.15) is 29.4 Å². The first-order chi connectivity index (χ1) is 18.2. The highest BCUT2D eigenvalue weighted by Crippen LogP contribution is 2.55. The third-order valence-corrected chi connectivity index (χ3v) is 6.92. The van der Waals surface area contributed by atoms with Gasteiger partial charge in [0.25, 0.3) is 5.60 Å². The van der Waals surface area contributed by atoms with Gasteiger partial charge in [-0.3, -0.25) is 4.57 Å². The molecule has 1 aliphatic carbocycles. The summed E-state index contributed by atoms with van der Waals surface area (Å²) in [6.45, 7) is 3.23. The number of hydrogen-bond donors (Lipinski definition) is 3. The molecule has 1 saturated heterocycles. The Bertz CT molecular complexity index is 1350. The van der Waals surface area contributed by atoms with E-state index < -0.39 is 47.6 Å². The highest BCUT2D eigenvalue weighted by molar-refractivity contribution is 6.28. The molecule has 1 saturated carbocycles. The summed E-state index contributed by atoms with van der Waals surface area (Å²) in [4.78, 5) is 38.7. The van der Waals surface area contributed by atoms with Gasteiger partial charge < -0.3 is 35.5 Å². The van der Waals surface area contributed by atoms with Crippen LogP contribution >= 0.6 is 11.6 Å². The van der Waals surface area contributed by atoms with Crippen molar-refractivity contribution in [2.45, 2.75) is 55.9 Å². The van der Waals surface area contributed by atoms with Gasteiger partial charge in [0.2, 0.25) is 5.28 Å². The first-order valence-corrected chi connectivity index (χ1v) is 12.4. The van der Waals surface area contributed by atoms with E-state index in [1.165, 1.54) is 10.9 Å². The Kier molecular flexibility index (Phi) is 6.73. The lowest BCUT2D eigenvalue weighted by Gasteiger charge is -2.32. The summed E-state index contributed by atoms with van der Waals surface area (Å²) in [5.41, 5.74) is 9.95. The van der Waals surface area contributed by atoms with Crippen LogP contribution in [0.2, 0.25) is 5.28 Å². The number of nitrogens with two attached hydrogens (primary N) is 2. The van der Waals surface area contributed by atoms with Crippen molar-refractivity contribution in [2.75, 3.05) is 18.9 Å². The predicted molar refractivity (Wildman–Crippen MR) is 133 cm³/mol. The lowest BCUT2D eigenvalue weighted by atomic mass is 9.93. The van der Waals surface area contributed by atoms with Gasteiger partial charge in [-0.05, 0) is 31.0 Å². The van der Waals surface area contributed by atoms with Gasteiger partial charge in [-0.1, -0.05) is 30.3 Å². The molecule has 0 spiro atoms. The second-order valence-corrected chi connectivity index (χ2v) is 9.40. The van der Waals surface area contributed by atoms with Gasteiger partial charge in [0.15, 0.2) is 17.7 Å². The van der Waals surface area contributed by atoms with Crippen LogP contribution in [-0.2, 0) is 35.0 Å². The topological polar surface area (TPSA) is 187 Å². The van der Waals surface area contributed by atoms with Crippen molar-refractivity contribution >= 4 is 40.5 Å². The van der Waals surface area contributed by atoms with Crippen LogP contribution in [0.4, 0.5) is 5.82 Å². The highest BCUT2D eigenvalue weighted by Gasteiger charge is 2.78. The molecule has 1 unspecified atom stereocenters. The Morgan fingerprint density at radius 2 is 1.84 bits per heavy atom. The number of carbonyl (C=O) groups excluding carboxylic acids is 2. The Balaban J connectivity index is 1.46. The molecule has 1 aliphatic heterocycles. The molecule has 202 valence electrons. The maximum absolute atomic E-state index is 13.3. The Morgan fingerprint density at radius 3 is 2.42 bits per heavy atom. The molecule has 5 N–H and O–H groups in total. The van der Waals surface area contributed by atoms with Crippen molar-refractivity contribution in [3.8, 4) is 0 Å². The van der Waals surface area contributed by atoms with Crippen LogP contribution in [0.25, 0.3) is 11.2 Å². The fourth-order valence-electron chi connectivity index (χ4n) is 4.80. The summed E-state index contributed by atoms with van der Waals surface area (Å²) in [6, 6.07) is 8.82. The van der Waals surface area contributed by atoms with Crippen molar-refractivity contribution in [3.63, 3.8) is 0 Å². The second kappa shape index (κ2) is 9.75. The molecule has 2 aromatic heterocycles. The van der Waals surface area contributed by atoms with Crippen molar-refractivity contribution in [3.05, 3.63) is 47.5 Å². The van der Waals surface area contributed by atoms with E-state index in [2.05, 4.69) is 15.0 Å². The molecule has 13 nitrogen and oxygen atoms in total. The smallest absolute Gasteiger partial charge is 0.350 e. The van der Waals surface area contributed by atoms with Gasteiger partial charge in [-0.25, -0.2) is 14.6 Å². The van der Waals surface area contributed by atoms with Crippen LogP contribution < -0.4 is 11.5 Å². The number of nitrogen functional groups attached to an aromatic ring is 1. The van der Waals surface area contributed by atoms with Crippen molar-refractivity contribution < 1.29 is 33.6 Å². The number of nitrogens with zero attached hydrogens (tertiary/aromatic N) is 4. The Morgan fingerprint density at radius 1 is 1.18 bits per heavy atom. The van der Waals surface area contributed by atoms with Crippen LogP contribution in [-0.4, -0.2) is 79.2 Å². The number of aliphatic hydroxyl groups excluding tert-OH is 1. The quantitative estimate of drug-likeness (QED) is 0.192. The minimum atomic E-state index is -2.18. The van der Waals surface area contributed by atoms with E-state index in [1.807, 2.05) is 0 Å². The number of aromatic nitrogens is 4. The normalized spacial score (nSPS) is 26.2. The van der Waals surface area contributed by atoms with Crippen LogP contribution in [0.1, 0.15) is 25.6 Å². The van der Waals surface area contributed by atoms with Gasteiger partial charge in [-0.2, -0.15) is 9.97 Å². The summed E-state index contributed by atoms with van der Waals surface area (Å²) in [6.07, 6.45) is -3.08. The lowest BCUT2D eigenvalue weighted by Crippen LogP contribution is -2.56. The first kappa shape index (κ1) is 26.3. The fraction of sp³-hybridized carbons (Fsp3) is 0.458. The summed E-state index contributed by atoms with van der Waals surface area (Å²) in [5, 5.41) is 11.1. The van der Waals surface area contributed by atoms with E-state index in [-0.39, 0.29) is 41.9 Å². The minimum Gasteiger partial charge on any atom is -0.463 e. The number of hydrogen-bond acceptors (Lipinski definition) is 12. The summed E-state index contributed by atoms with van der Waals surface area (Å²) >= 11 is 5.95. The molecule has 2 aliphatic rings. The number of imidazole rings is 1. The zero-order valence-corrected chi connectivity index (χ0v) is 21.4. The molecule has 0 radical (unpaired) electrons. The zero-order valence-electron chi connectivity index (χ0n) is 20.6. The number of anilines is 1. The lowest BCUT2D eigenvalue weighted by molar-refractivity contribution is -0.199. The molecule has 3 aromatic rings. The van der Waals surface area contributed by atoms with Crippen LogP contribution in [0.15, 0.2) is 36.7 Å². The Labute approximate surface area is 222 Å². The van der Waals surface area contributed by atoms with E-state index >= 15 is 0 Å². The van der Waals surface area contributed by atoms with Crippen LogP contribution in [0.5, 0.6) is 0 Å². The highest BCUT2D eigenvalue weighted by atomic mass is 35.5. The number of esters is 2. The molecule has 3 heterocycles. The van der Waals surface area contributed by atoms with Gasteiger partial charge >= 0.3 is 11.9 Å². The van der Waals surface area contributed by atoms with Crippen molar-refractivity contribution in [1.82, 2.24) is 19.5 Å². The first-order valence-electron chi connectivity index (χ1n) is 12.0. The molecular formula is C24H27ClN6O7. The molecule has 5 rings (SSSR count). The SMILES string of the molecule is CCOC(=O)C(Cc1ccccc1)(OC1[C@H]2O[C@@H](n3cnc4c(N)nc(Cl)nc43)[C@H](O)[C@]12N)C(=O)OCC. The predicted octanol–water partition coefficient (Wildman–Crippen LogP) is 0.524. The fourth-order valence-corrected chi connectivity index (χ4v) is 4.97. The number of ether oxygens (including phenoxy) is 4. The molecule has 0 bridgehead atoms. The van der Waals surface area contributed by atoms with Crippen molar-refractivity contribution in [2.24, 2.45) is 5.73 Å². The monoisotopic (exact) mass is 546 g/mol. The van der Waals surface area contributed by atoms with E-state index in [9.17, 15) is 14.7 Å². The molecule has 14 heteroatoms. The molecule has 0 amide bonds. The molecule has 1 aromatic carbocycles. The summed E-state index contributed by atoms with van der Waals surface area (Å²) in [5.74, 6) is -1.79. The summed E-state index contributed by atoms with van der Waals surface area (Å²) < 4.78 is 24.1. The number of halogens is 1. The van der Waals surface area contributed by atoms with Crippen LogP contribution in [0.3, 0.4) is 0 Å². The summed E-state index contributed by atoms with van der Waals surface area (Å²) in [7, 11) is 0. The Hall–Kier alpha value is -3.36.